The molecule has 0 saturated carbocycles. The highest BCUT2D eigenvalue weighted by Gasteiger charge is 2.15. The van der Waals surface area contributed by atoms with E-state index in [0.29, 0.717) is 0 Å². The summed E-state index contributed by atoms with van der Waals surface area (Å²) >= 11 is 0. The van der Waals surface area contributed by atoms with Crippen molar-refractivity contribution in [3.8, 4) is 0 Å². The molecule has 0 N–H and O–H groups in total. The summed E-state index contributed by atoms with van der Waals surface area (Å²) in [7, 11) is 0. The van der Waals surface area contributed by atoms with E-state index in [1.807, 2.05) is 0 Å². The molecule has 0 rings (SSSR count). The van der Waals surface area contributed by atoms with Gasteiger partial charge in [-0.25, -0.2) is 0 Å². The summed E-state index contributed by atoms with van der Waals surface area (Å²) in [5.41, 5.74) is 0. The molecule has 0 bridgehead atoms. The van der Waals surface area contributed by atoms with E-state index < -0.39 is 0 Å². The van der Waals surface area contributed by atoms with E-state index in [4.69, 9.17) is 9.47 Å². The highest BCUT2D eigenvalue weighted by molar-refractivity contribution is 4.51. The SMILES string of the molecule is CCCCOC(OCCCC)N(CC)CC. The number of hydrogen-bond donors (Lipinski definition) is 0. The summed E-state index contributed by atoms with van der Waals surface area (Å²) < 4.78 is 11.6. The van der Waals surface area contributed by atoms with Crippen molar-refractivity contribution in [1.29, 1.82) is 0 Å². The fourth-order valence-corrected chi connectivity index (χ4v) is 1.44. The monoisotopic (exact) mass is 231 g/mol. The zero-order chi connectivity index (χ0) is 12.2. The maximum absolute atomic E-state index is 5.78. The Morgan fingerprint density at radius 2 is 1.25 bits per heavy atom. The van der Waals surface area contributed by atoms with Gasteiger partial charge in [0.25, 0.3) is 0 Å². The highest BCUT2D eigenvalue weighted by atomic mass is 16.7. The number of unbranched alkanes of at least 4 members (excludes halogenated alkanes) is 2. The third-order valence-corrected chi connectivity index (χ3v) is 2.63. The Morgan fingerprint density at radius 3 is 1.56 bits per heavy atom. The molecule has 0 heterocycles. The lowest BCUT2D eigenvalue weighted by Crippen LogP contribution is -2.39. The molecule has 0 atom stereocenters. The van der Waals surface area contributed by atoms with Crippen LogP contribution < -0.4 is 0 Å². The molecular weight excluding hydrogens is 202 g/mol. The second-order valence-electron chi connectivity index (χ2n) is 3.98. The van der Waals surface area contributed by atoms with E-state index in [1.165, 1.54) is 12.8 Å². The van der Waals surface area contributed by atoms with Gasteiger partial charge in [-0.15, -0.1) is 0 Å². The van der Waals surface area contributed by atoms with Gasteiger partial charge < -0.3 is 9.47 Å². The Bertz CT molecular complexity index is 128. The van der Waals surface area contributed by atoms with Crippen molar-refractivity contribution in [3.63, 3.8) is 0 Å². The fraction of sp³-hybridized carbons (Fsp3) is 1.00. The maximum Gasteiger partial charge on any atom is 0.218 e. The summed E-state index contributed by atoms with van der Waals surface area (Å²) in [5, 5.41) is 0. The van der Waals surface area contributed by atoms with Crippen LogP contribution >= 0.6 is 0 Å². The Labute approximate surface area is 101 Å². The number of hydrogen-bond acceptors (Lipinski definition) is 3. The van der Waals surface area contributed by atoms with Crippen LogP contribution in [0.3, 0.4) is 0 Å². The third-order valence-electron chi connectivity index (χ3n) is 2.63. The Morgan fingerprint density at radius 1 is 0.812 bits per heavy atom. The summed E-state index contributed by atoms with van der Waals surface area (Å²) in [4.78, 5) is 2.21. The largest absolute Gasteiger partial charge is 0.340 e. The second kappa shape index (κ2) is 11.4. The van der Waals surface area contributed by atoms with Crippen molar-refractivity contribution in [2.75, 3.05) is 26.3 Å². The standard InChI is InChI=1S/C13H29NO2/c1-5-9-11-15-13(14(7-3)8-4)16-12-10-6-2/h13H,5-12H2,1-4H3. The zero-order valence-electron chi connectivity index (χ0n) is 11.5. The van der Waals surface area contributed by atoms with Gasteiger partial charge in [0.1, 0.15) is 0 Å². The van der Waals surface area contributed by atoms with Crippen LogP contribution in [0.1, 0.15) is 53.4 Å². The third kappa shape index (κ3) is 7.20. The Balaban J connectivity index is 3.93. The average molecular weight is 231 g/mol. The second-order valence-corrected chi connectivity index (χ2v) is 3.98. The van der Waals surface area contributed by atoms with Crippen molar-refractivity contribution in [2.24, 2.45) is 0 Å². The molecule has 0 aromatic rings. The predicted octanol–water partition coefficient (Wildman–Crippen LogP) is 3.25. The molecule has 3 nitrogen and oxygen atoms in total. The van der Waals surface area contributed by atoms with Crippen LogP contribution in [-0.4, -0.2) is 37.6 Å². The van der Waals surface area contributed by atoms with Crippen LogP contribution in [0.5, 0.6) is 0 Å². The molecule has 0 aromatic heterocycles. The summed E-state index contributed by atoms with van der Waals surface area (Å²) in [6, 6.07) is 0. The van der Waals surface area contributed by atoms with Crippen LogP contribution in [-0.2, 0) is 9.47 Å². The van der Waals surface area contributed by atoms with Gasteiger partial charge in [-0.3, -0.25) is 4.90 Å². The van der Waals surface area contributed by atoms with Crippen molar-refractivity contribution >= 4 is 0 Å². The quantitative estimate of drug-likeness (QED) is 0.402. The lowest BCUT2D eigenvalue weighted by Gasteiger charge is -2.29. The first kappa shape index (κ1) is 15.9. The Hall–Kier alpha value is -0.120. The topological polar surface area (TPSA) is 21.7 Å². The predicted molar refractivity (Wildman–Crippen MR) is 68.4 cm³/mol. The van der Waals surface area contributed by atoms with Crippen molar-refractivity contribution in [2.45, 2.75) is 59.8 Å². The molecule has 0 aromatic carbocycles. The van der Waals surface area contributed by atoms with E-state index in [1.54, 1.807) is 0 Å². The number of nitrogens with zero attached hydrogens (tertiary/aromatic N) is 1. The van der Waals surface area contributed by atoms with Crippen LogP contribution in [0, 0.1) is 0 Å². The molecule has 0 fully saturated rings. The van der Waals surface area contributed by atoms with Crippen LogP contribution in [0.25, 0.3) is 0 Å². The Kier molecular flexibility index (Phi) is 11.3. The molecular formula is C13H29NO2. The van der Waals surface area contributed by atoms with Crippen molar-refractivity contribution < 1.29 is 9.47 Å². The van der Waals surface area contributed by atoms with Gasteiger partial charge in [-0.05, 0) is 25.9 Å². The van der Waals surface area contributed by atoms with Gasteiger partial charge in [0.2, 0.25) is 6.41 Å². The maximum atomic E-state index is 5.78. The number of rotatable bonds is 11. The molecule has 98 valence electrons. The van der Waals surface area contributed by atoms with Gasteiger partial charge in [0, 0.05) is 0 Å². The molecule has 0 spiro atoms. The minimum absolute atomic E-state index is 0.145. The first-order valence-electron chi connectivity index (χ1n) is 6.77. The van der Waals surface area contributed by atoms with Crippen LogP contribution in [0.2, 0.25) is 0 Å². The van der Waals surface area contributed by atoms with Gasteiger partial charge >= 0.3 is 0 Å². The molecule has 0 amide bonds. The molecule has 3 heteroatoms. The molecule has 16 heavy (non-hydrogen) atoms. The van der Waals surface area contributed by atoms with E-state index in [-0.39, 0.29) is 6.41 Å². The molecule has 0 aliphatic carbocycles. The van der Waals surface area contributed by atoms with E-state index in [2.05, 4.69) is 32.6 Å². The summed E-state index contributed by atoms with van der Waals surface area (Å²) in [6.45, 7) is 12.2. The highest BCUT2D eigenvalue weighted by Crippen LogP contribution is 2.06. The van der Waals surface area contributed by atoms with Gasteiger partial charge in [-0.1, -0.05) is 40.5 Å². The normalized spacial score (nSPS) is 11.6. The van der Waals surface area contributed by atoms with Gasteiger partial charge in [0.15, 0.2) is 0 Å². The average Bonchev–Trinajstić information content (AvgIpc) is 2.30. The fourth-order valence-electron chi connectivity index (χ4n) is 1.44. The lowest BCUT2D eigenvalue weighted by molar-refractivity contribution is -0.223. The van der Waals surface area contributed by atoms with Crippen LogP contribution in [0.15, 0.2) is 0 Å². The first-order chi connectivity index (χ1) is 7.79. The minimum Gasteiger partial charge on any atom is -0.340 e. The van der Waals surface area contributed by atoms with E-state index in [9.17, 15) is 0 Å². The smallest absolute Gasteiger partial charge is 0.218 e. The van der Waals surface area contributed by atoms with Crippen LogP contribution in [0.4, 0.5) is 0 Å². The zero-order valence-corrected chi connectivity index (χ0v) is 11.5. The lowest BCUT2D eigenvalue weighted by atomic mass is 10.4. The molecule has 0 radical (unpaired) electrons. The van der Waals surface area contributed by atoms with E-state index in [0.717, 1.165) is 39.1 Å². The molecule has 0 aliphatic heterocycles. The molecule has 0 unspecified atom stereocenters. The van der Waals surface area contributed by atoms with E-state index >= 15 is 0 Å². The van der Waals surface area contributed by atoms with Crippen molar-refractivity contribution in [3.05, 3.63) is 0 Å². The summed E-state index contributed by atoms with van der Waals surface area (Å²) in [5.74, 6) is 0. The summed E-state index contributed by atoms with van der Waals surface area (Å²) in [6.07, 6.45) is 4.40. The first-order valence-corrected chi connectivity index (χ1v) is 6.77. The van der Waals surface area contributed by atoms with Gasteiger partial charge in [0.05, 0.1) is 13.2 Å². The minimum atomic E-state index is -0.145. The molecule has 0 saturated heterocycles. The van der Waals surface area contributed by atoms with Crippen molar-refractivity contribution in [1.82, 2.24) is 4.90 Å². The van der Waals surface area contributed by atoms with Gasteiger partial charge in [-0.2, -0.15) is 0 Å². The number of ether oxygens (including phenoxy) is 2. The molecule has 0 aliphatic rings.